The Kier molecular flexibility index (Phi) is 3.20. The molecule has 1 heterocycles. The number of carbonyl (C=O) groups is 2. The SMILES string of the molecule is O=C(O)Cn1nccc1C(=O)NC1C2CC3CC(C2)CC1C3. The topological polar surface area (TPSA) is 84.2 Å². The van der Waals surface area contributed by atoms with E-state index in [1.165, 1.54) is 43.0 Å². The van der Waals surface area contributed by atoms with Crippen LogP contribution in [0, 0.1) is 23.7 Å². The molecule has 4 bridgehead atoms. The van der Waals surface area contributed by atoms with Gasteiger partial charge in [-0.25, -0.2) is 4.68 Å². The molecule has 4 aliphatic carbocycles. The third kappa shape index (κ3) is 2.30. The summed E-state index contributed by atoms with van der Waals surface area (Å²) in [5.41, 5.74) is 0.344. The minimum absolute atomic E-state index is 0.184. The van der Waals surface area contributed by atoms with Gasteiger partial charge in [0.25, 0.3) is 5.91 Å². The van der Waals surface area contributed by atoms with E-state index >= 15 is 0 Å². The van der Waals surface area contributed by atoms with Crippen molar-refractivity contribution in [2.24, 2.45) is 23.7 Å². The third-order valence-electron chi connectivity index (χ3n) is 5.76. The lowest BCUT2D eigenvalue weighted by Gasteiger charge is -2.54. The number of carboxylic acid groups (broad SMARTS) is 1. The Morgan fingerprint density at radius 1 is 1.18 bits per heavy atom. The Morgan fingerprint density at radius 2 is 1.82 bits per heavy atom. The zero-order valence-electron chi connectivity index (χ0n) is 12.4. The molecule has 6 heteroatoms. The van der Waals surface area contributed by atoms with Crippen LogP contribution in [0.5, 0.6) is 0 Å². The fraction of sp³-hybridized carbons (Fsp3) is 0.688. The highest BCUT2D eigenvalue weighted by atomic mass is 16.4. The van der Waals surface area contributed by atoms with Crippen LogP contribution in [0.2, 0.25) is 0 Å². The van der Waals surface area contributed by atoms with Crippen LogP contribution in [0.3, 0.4) is 0 Å². The highest BCUT2D eigenvalue weighted by Crippen LogP contribution is 2.53. The minimum atomic E-state index is -0.993. The molecule has 1 aromatic rings. The standard InChI is InChI=1S/C16H21N3O3/c20-14(21)8-19-13(1-2-17-19)16(22)18-15-11-4-9-3-10(6-11)7-12(15)5-9/h1-2,9-12,15H,3-8H2,(H,18,22)(H,20,21). The Labute approximate surface area is 128 Å². The summed E-state index contributed by atoms with van der Waals surface area (Å²) in [5.74, 6) is 1.78. The Hall–Kier alpha value is -1.85. The molecule has 0 unspecified atom stereocenters. The number of hydrogen-bond acceptors (Lipinski definition) is 3. The maximum atomic E-state index is 12.5. The Bertz CT molecular complexity index is 582. The van der Waals surface area contributed by atoms with Gasteiger partial charge in [0.15, 0.2) is 0 Å². The van der Waals surface area contributed by atoms with Crippen LogP contribution in [-0.2, 0) is 11.3 Å². The molecule has 0 saturated heterocycles. The molecule has 22 heavy (non-hydrogen) atoms. The van der Waals surface area contributed by atoms with Crippen molar-refractivity contribution in [1.82, 2.24) is 15.1 Å². The van der Waals surface area contributed by atoms with Gasteiger partial charge in [0.05, 0.1) is 0 Å². The van der Waals surface area contributed by atoms with Gasteiger partial charge in [0.2, 0.25) is 0 Å². The maximum Gasteiger partial charge on any atom is 0.325 e. The molecule has 4 saturated carbocycles. The summed E-state index contributed by atoms with van der Waals surface area (Å²) < 4.78 is 1.26. The van der Waals surface area contributed by atoms with E-state index < -0.39 is 5.97 Å². The van der Waals surface area contributed by atoms with E-state index in [0.29, 0.717) is 17.5 Å². The van der Waals surface area contributed by atoms with E-state index in [2.05, 4.69) is 10.4 Å². The van der Waals surface area contributed by atoms with E-state index in [-0.39, 0.29) is 18.5 Å². The largest absolute Gasteiger partial charge is 0.480 e. The van der Waals surface area contributed by atoms with Gasteiger partial charge in [-0.05, 0) is 61.8 Å². The van der Waals surface area contributed by atoms with Crippen LogP contribution >= 0.6 is 0 Å². The first-order chi connectivity index (χ1) is 10.6. The molecule has 1 amide bonds. The number of carboxylic acids is 1. The second-order valence-electron chi connectivity index (χ2n) is 7.20. The van der Waals surface area contributed by atoms with Crippen molar-refractivity contribution < 1.29 is 14.7 Å². The number of amides is 1. The van der Waals surface area contributed by atoms with Crippen molar-refractivity contribution in [3.8, 4) is 0 Å². The second kappa shape index (κ2) is 5.11. The first-order valence-corrected chi connectivity index (χ1v) is 8.14. The van der Waals surface area contributed by atoms with Crippen molar-refractivity contribution in [3.63, 3.8) is 0 Å². The normalized spacial score (nSPS) is 35.5. The van der Waals surface area contributed by atoms with E-state index in [4.69, 9.17) is 5.11 Å². The molecule has 118 valence electrons. The zero-order chi connectivity index (χ0) is 15.3. The number of rotatable bonds is 4. The van der Waals surface area contributed by atoms with Crippen LogP contribution in [0.4, 0.5) is 0 Å². The summed E-state index contributed by atoms with van der Waals surface area (Å²) in [4.78, 5) is 23.4. The van der Waals surface area contributed by atoms with Crippen molar-refractivity contribution in [2.75, 3.05) is 0 Å². The lowest BCUT2D eigenvalue weighted by atomic mass is 9.54. The molecular weight excluding hydrogens is 282 g/mol. The van der Waals surface area contributed by atoms with Crippen LogP contribution in [-0.4, -0.2) is 32.8 Å². The predicted molar refractivity (Wildman–Crippen MR) is 78.2 cm³/mol. The molecule has 2 N–H and O–H groups in total. The number of nitrogens with one attached hydrogen (secondary N) is 1. The first kappa shape index (κ1) is 13.8. The van der Waals surface area contributed by atoms with Crippen LogP contribution < -0.4 is 5.32 Å². The molecular formula is C16H21N3O3. The molecule has 5 rings (SSSR count). The van der Waals surface area contributed by atoms with E-state index in [1.54, 1.807) is 6.07 Å². The average molecular weight is 303 g/mol. The van der Waals surface area contributed by atoms with E-state index in [1.807, 2.05) is 0 Å². The van der Waals surface area contributed by atoms with Crippen LogP contribution in [0.15, 0.2) is 12.3 Å². The van der Waals surface area contributed by atoms with Gasteiger partial charge < -0.3 is 10.4 Å². The number of hydrogen-bond donors (Lipinski definition) is 2. The molecule has 0 radical (unpaired) electrons. The maximum absolute atomic E-state index is 12.5. The van der Waals surface area contributed by atoms with Crippen LogP contribution in [0.1, 0.15) is 42.6 Å². The molecule has 4 fully saturated rings. The first-order valence-electron chi connectivity index (χ1n) is 8.14. The van der Waals surface area contributed by atoms with E-state index in [0.717, 1.165) is 11.8 Å². The van der Waals surface area contributed by atoms with Gasteiger partial charge in [0.1, 0.15) is 12.2 Å². The quantitative estimate of drug-likeness (QED) is 0.883. The minimum Gasteiger partial charge on any atom is -0.480 e. The molecule has 1 aromatic heterocycles. The third-order valence-corrected chi connectivity index (χ3v) is 5.76. The fourth-order valence-electron chi connectivity index (χ4n) is 5.17. The smallest absolute Gasteiger partial charge is 0.325 e. The number of aliphatic carboxylic acids is 1. The monoisotopic (exact) mass is 303 g/mol. The van der Waals surface area contributed by atoms with Gasteiger partial charge in [-0.1, -0.05) is 0 Å². The summed E-state index contributed by atoms with van der Waals surface area (Å²) in [6, 6.07) is 1.85. The van der Waals surface area contributed by atoms with Crippen LogP contribution in [0.25, 0.3) is 0 Å². The lowest BCUT2D eigenvalue weighted by Crippen LogP contribution is -2.56. The second-order valence-corrected chi connectivity index (χ2v) is 7.20. The van der Waals surface area contributed by atoms with Gasteiger partial charge in [-0.3, -0.25) is 9.59 Å². The summed E-state index contributed by atoms with van der Waals surface area (Å²) in [6.45, 7) is -0.280. The zero-order valence-corrected chi connectivity index (χ0v) is 12.4. The van der Waals surface area contributed by atoms with Crippen molar-refractivity contribution in [3.05, 3.63) is 18.0 Å². The van der Waals surface area contributed by atoms with Gasteiger partial charge in [0, 0.05) is 12.2 Å². The summed E-state index contributed by atoms with van der Waals surface area (Å²) in [6.07, 6.45) is 7.84. The van der Waals surface area contributed by atoms with Gasteiger partial charge in [-0.2, -0.15) is 5.10 Å². The molecule has 0 aliphatic heterocycles. The molecule has 6 nitrogen and oxygen atoms in total. The molecule has 0 aromatic carbocycles. The molecule has 0 spiro atoms. The number of nitrogens with zero attached hydrogens (tertiary/aromatic N) is 2. The van der Waals surface area contributed by atoms with Crippen molar-refractivity contribution in [2.45, 2.75) is 44.7 Å². The Morgan fingerprint density at radius 3 is 2.41 bits per heavy atom. The average Bonchev–Trinajstić information content (AvgIpc) is 2.89. The highest BCUT2D eigenvalue weighted by molar-refractivity contribution is 5.93. The van der Waals surface area contributed by atoms with Crippen molar-refractivity contribution in [1.29, 1.82) is 0 Å². The summed E-state index contributed by atoms with van der Waals surface area (Å²) >= 11 is 0. The Balaban J connectivity index is 1.48. The highest BCUT2D eigenvalue weighted by Gasteiger charge is 2.48. The summed E-state index contributed by atoms with van der Waals surface area (Å²) in [7, 11) is 0. The van der Waals surface area contributed by atoms with Gasteiger partial charge >= 0.3 is 5.97 Å². The van der Waals surface area contributed by atoms with Gasteiger partial charge in [-0.15, -0.1) is 0 Å². The number of aromatic nitrogens is 2. The number of carbonyl (C=O) groups excluding carboxylic acids is 1. The fourth-order valence-corrected chi connectivity index (χ4v) is 5.17. The van der Waals surface area contributed by atoms with E-state index in [9.17, 15) is 9.59 Å². The summed E-state index contributed by atoms with van der Waals surface area (Å²) in [5, 5.41) is 16.0. The van der Waals surface area contributed by atoms with Crippen molar-refractivity contribution >= 4 is 11.9 Å². The molecule has 0 atom stereocenters. The predicted octanol–water partition coefficient (Wildman–Crippen LogP) is 1.52. The lowest BCUT2D eigenvalue weighted by molar-refractivity contribution is -0.137. The molecule has 4 aliphatic rings.